The lowest BCUT2D eigenvalue weighted by molar-refractivity contribution is 0.0572. The number of nitrogens with zero attached hydrogens (tertiary/aromatic N) is 1. The normalized spacial score (nSPS) is 24.8. The maximum atomic E-state index is 3.85. The molecule has 0 aliphatic heterocycles. The van der Waals surface area contributed by atoms with Crippen LogP contribution in [-0.4, -0.2) is 20.1 Å². The minimum Gasteiger partial charge on any atom is -0.380 e. The summed E-state index contributed by atoms with van der Waals surface area (Å²) in [6.07, 6.45) is 9.99. The van der Waals surface area contributed by atoms with E-state index in [9.17, 15) is 0 Å². The van der Waals surface area contributed by atoms with Crippen molar-refractivity contribution in [2.24, 2.45) is 5.41 Å². The van der Waals surface area contributed by atoms with Gasteiger partial charge in [0.2, 0.25) is 0 Å². The smallest absolute Gasteiger partial charge is 0.0596 e. The minimum absolute atomic E-state index is 0.623. The lowest BCUT2D eigenvalue weighted by atomic mass is 9.57. The highest BCUT2D eigenvalue weighted by atomic mass is 15.1. The lowest BCUT2D eigenvalue weighted by Gasteiger charge is -2.53. The van der Waals surface area contributed by atoms with Gasteiger partial charge in [0.15, 0.2) is 0 Å². The maximum Gasteiger partial charge on any atom is 0.0596 e. The molecule has 0 radical (unpaired) electrons. The Morgan fingerprint density at radius 1 is 1.05 bits per heavy atom. The van der Waals surface area contributed by atoms with Gasteiger partial charge in [-0.05, 0) is 43.2 Å². The first-order valence-electron chi connectivity index (χ1n) is 7.74. The molecule has 0 aromatic heterocycles. The van der Waals surface area contributed by atoms with Crippen molar-refractivity contribution in [2.75, 3.05) is 24.3 Å². The predicted octanol–water partition coefficient (Wildman–Crippen LogP) is 4.28. The van der Waals surface area contributed by atoms with Crippen LogP contribution in [0.3, 0.4) is 0 Å². The molecule has 3 rings (SSSR count). The Hall–Kier alpha value is -1.18. The summed E-state index contributed by atoms with van der Waals surface area (Å²) in [6.45, 7) is 0. The summed E-state index contributed by atoms with van der Waals surface area (Å²) < 4.78 is 0. The van der Waals surface area contributed by atoms with E-state index < -0.39 is 0 Å². The second-order valence-corrected chi connectivity index (χ2v) is 6.57. The van der Waals surface area contributed by atoms with Crippen molar-refractivity contribution in [2.45, 2.75) is 51.0 Å². The Morgan fingerprint density at radius 2 is 1.79 bits per heavy atom. The van der Waals surface area contributed by atoms with Crippen molar-refractivity contribution in [1.82, 2.24) is 0 Å². The molecule has 1 aromatic carbocycles. The third kappa shape index (κ3) is 2.33. The van der Waals surface area contributed by atoms with Crippen LogP contribution in [0, 0.1) is 5.41 Å². The Kier molecular flexibility index (Phi) is 3.42. The molecule has 0 amide bonds. The molecule has 104 valence electrons. The molecule has 2 nitrogen and oxygen atoms in total. The number of rotatable bonds is 3. The molecule has 1 atom stereocenters. The third-order valence-electron chi connectivity index (χ3n) is 5.24. The van der Waals surface area contributed by atoms with E-state index >= 15 is 0 Å². The van der Waals surface area contributed by atoms with Crippen LogP contribution in [0.2, 0.25) is 0 Å². The van der Waals surface area contributed by atoms with Gasteiger partial charge in [-0.3, -0.25) is 0 Å². The lowest BCUT2D eigenvalue weighted by Crippen LogP contribution is -2.50. The molecular weight excluding hydrogens is 232 g/mol. The summed E-state index contributed by atoms with van der Waals surface area (Å²) in [4.78, 5) is 2.20. The highest BCUT2D eigenvalue weighted by molar-refractivity contribution is 5.70. The molecule has 19 heavy (non-hydrogen) atoms. The number of hydrogen-bond donors (Lipinski definition) is 1. The predicted molar refractivity (Wildman–Crippen MR) is 82.9 cm³/mol. The summed E-state index contributed by atoms with van der Waals surface area (Å²) in [6, 6.07) is 9.40. The minimum atomic E-state index is 0.623. The number of para-hydroxylation sites is 2. The fraction of sp³-hybridized carbons (Fsp3) is 0.647. The van der Waals surface area contributed by atoms with E-state index in [0.29, 0.717) is 11.5 Å². The molecule has 0 heterocycles. The summed E-state index contributed by atoms with van der Waals surface area (Å²) in [5, 5.41) is 3.85. The van der Waals surface area contributed by atoms with Crippen molar-refractivity contribution < 1.29 is 0 Å². The van der Waals surface area contributed by atoms with Crippen LogP contribution in [0.25, 0.3) is 0 Å². The van der Waals surface area contributed by atoms with Crippen LogP contribution >= 0.6 is 0 Å². The third-order valence-corrected chi connectivity index (χ3v) is 5.24. The second kappa shape index (κ2) is 5.07. The zero-order valence-electron chi connectivity index (χ0n) is 12.3. The summed E-state index contributed by atoms with van der Waals surface area (Å²) >= 11 is 0. The van der Waals surface area contributed by atoms with Gasteiger partial charge in [0.05, 0.1) is 11.4 Å². The van der Waals surface area contributed by atoms with Gasteiger partial charge in [-0.15, -0.1) is 0 Å². The molecular formula is C17H26N2. The van der Waals surface area contributed by atoms with Crippen molar-refractivity contribution in [3.05, 3.63) is 24.3 Å². The first-order valence-corrected chi connectivity index (χ1v) is 7.74. The van der Waals surface area contributed by atoms with E-state index in [1.165, 1.54) is 56.3 Å². The van der Waals surface area contributed by atoms with Gasteiger partial charge in [-0.2, -0.15) is 0 Å². The van der Waals surface area contributed by atoms with E-state index in [2.05, 4.69) is 48.6 Å². The van der Waals surface area contributed by atoms with E-state index in [1.54, 1.807) is 0 Å². The van der Waals surface area contributed by atoms with Gasteiger partial charge in [0, 0.05) is 20.1 Å². The Balaban J connectivity index is 1.75. The highest BCUT2D eigenvalue weighted by Gasteiger charge is 2.46. The molecule has 2 aliphatic carbocycles. The molecule has 1 aromatic rings. The van der Waals surface area contributed by atoms with Crippen molar-refractivity contribution in [3.63, 3.8) is 0 Å². The average molecular weight is 258 g/mol. The van der Waals surface area contributed by atoms with Crippen LogP contribution in [0.1, 0.15) is 44.9 Å². The molecule has 0 bridgehead atoms. The SMILES string of the molecule is CN(C)c1ccccc1NC1CCC12CCCCC2. The largest absolute Gasteiger partial charge is 0.380 e. The number of benzene rings is 1. The molecule has 1 N–H and O–H groups in total. The van der Waals surface area contributed by atoms with Gasteiger partial charge in [-0.25, -0.2) is 0 Å². The summed E-state index contributed by atoms with van der Waals surface area (Å²) in [5.41, 5.74) is 3.24. The molecule has 2 saturated carbocycles. The Bertz CT molecular complexity index is 433. The summed E-state index contributed by atoms with van der Waals surface area (Å²) in [7, 11) is 4.25. The molecule has 0 saturated heterocycles. The van der Waals surface area contributed by atoms with E-state index in [1.807, 2.05) is 0 Å². The van der Waals surface area contributed by atoms with Crippen molar-refractivity contribution in [3.8, 4) is 0 Å². The van der Waals surface area contributed by atoms with E-state index in [4.69, 9.17) is 0 Å². The van der Waals surface area contributed by atoms with Crippen LogP contribution in [0.4, 0.5) is 11.4 Å². The maximum absolute atomic E-state index is 3.85. The highest BCUT2D eigenvalue weighted by Crippen LogP contribution is 2.53. The molecule has 1 unspecified atom stereocenters. The molecule has 2 heteroatoms. The number of hydrogen-bond acceptors (Lipinski definition) is 2. The molecule has 1 spiro atoms. The zero-order chi connectivity index (χ0) is 13.3. The second-order valence-electron chi connectivity index (χ2n) is 6.57. The fourth-order valence-electron chi connectivity index (χ4n) is 3.95. The van der Waals surface area contributed by atoms with E-state index in [-0.39, 0.29) is 0 Å². The van der Waals surface area contributed by atoms with Gasteiger partial charge in [0.25, 0.3) is 0 Å². The van der Waals surface area contributed by atoms with Gasteiger partial charge in [-0.1, -0.05) is 31.4 Å². The topological polar surface area (TPSA) is 15.3 Å². The van der Waals surface area contributed by atoms with Crippen LogP contribution in [0.15, 0.2) is 24.3 Å². The number of anilines is 2. The first-order chi connectivity index (χ1) is 9.21. The number of nitrogens with one attached hydrogen (secondary N) is 1. The zero-order valence-corrected chi connectivity index (χ0v) is 12.3. The van der Waals surface area contributed by atoms with Crippen LogP contribution in [0.5, 0.6) is 0 Å². The van der Waals surface area contributed by atoms with E-state index in [0.717, 1.165) is 0 Å². The van der Waals surface area contributed by atoms with Gasteiger partial charge >= 0.3 is 0 Å². The Labute approximate surface area is 117 Å². The quantitative estimate of drug-likeness (QED) is 0.870. The average Bonchev–Trinajstić information content (AvgIpc) is 2.45. The van der Waals surface area contributed by atoms with Crippen molar-refractivity contribution >= 4 is 11.4 Å². The summed E-state index contributed by atoms with van der Waals surface area (Å²) in [5.74, 6) is 0. The first kappa shape index (κ1) is 12.8. The monoisotopic (exact) mass is 258 g/mol. The van der Waals surface area contributed by atoms with Gasteiger partial charge in [0.1, 0.15) is 0 Å². The van der Waals surface area contributed by atoms with Gasteiger partial charge < -0.3 is 10.2 Å². The van der Waals surface area contributed by atoms with Crippen molar-refractivity contribution in [1.29, 1.82) is 0 Å². The molecule has 2 aliphatic rings. The Morgan fingerprint density at radius 3 is 2.42 bits per heavy atom. The molecule has 2 fully saturated rings. The standard InChI is InChI=1S/C17H26N2/c1-19(2)15-9-5-4-8-14(15)18-16-10-13-17(16)11-6-3-7-12-17/h4-5,8-9,16,18H,3,6-7,10-13H2,1-2H3. The fourth-order valence-corrected chi connectivity index (χ4v) is 3.95. The van der Waals surface area contributed by atoms with Crippen LogP contribution in [-0.2, 0) is 0 Å². The van der Waals surface area contributed by atoms with Crippen LogP contribution < -0.4 is 10.2 Å².